The first-order valence-electron chi connectivity index (χ1n) is 7.50. The first-order valence-corrected chi connectivity index (χ1v) is 7.50. The van der Waals surface area contributed by atoms with Gasteiger partial charge in [0.05, 0.1) is 7.11 Å². The topological polar surface area (TPSA) is 67.4 Å². The van der Waals surface area contributed by atoms with Gasteiger partial charge >= 0.3 is 0 Å². The molecule has 2 rings (SSSR count). The van der Waals surface area contributed by atoms with Crippen molar-refractivity contribution in [3.8, 4) is 5.75 Å². The number of nitrogens with one attached hydrogen (secondary N) is 2. The minimum Gasteiger partial charge on any atom is -0.494 e. The van der Waals surface area contributed by atoms with E-state index >= 15 is 0 Å². The molecular weight excluding hydrogens is 311 g/mol. The molecule has 0 saturated carbocycles. The summed E-state index contributed by atoms with van der Waals surface area (Å²) in [5.41, 5.74) is 2.14. The number of carbonyl (C=O) groups excluding carboxylic acids is 2. The number of amides is 2. The van der Waals surface area contributed by atoms with Crippen molar-refractivity contribution in [1.82, 2.24) is 0 Å². The average Bonchev–Trinajstić information content (AvgIpc) is 2.57. The number of aryl methyl sites for hydroxylation is 1. The van der Waals surface area contributed by atoms with Crippen LogP contribution >= 0.6 is 0 Å². The van der Waals surface area contributed by atoms with Crippen molar-refractivity contribution in [1.29, 1.82) is 0 Å². The summed E-state index contributed by atoms with van der Waals surface area (Å²) in [5.74, 6) is -1.09. The van der Waals surface area contributed by atoms with Crippen LogP contribution in [0.3, 0.4) is 0 Å². The van der Waals surface area contributed by atoms with Crippen molar-refractivity contribution in [3.05, 3.63) is 53.3 Å². The first-order chi connectivity index (χ1) is 11.4. The van der Waals surface area contributed by atoms with Crippen molar-refractivity contribution < 1.29 is 18.7 Å². The van der Waals surface area contributed by atoms with E-state index < -0.39 is 11.7 Å². The second kappa shape index (κ2) is 7.59. The zero-order valence-corrected chi connectivity index (χ0v) is 13.8. The Bertz CT molecular complexity index is 775. The Balaban J connectivity index is 2.20. The highest BCUT2D eigenvalue weighted by atomic mass is 19.1. The highest BCUT2D eigenvalue weighted by Gasteiger charge is 2.12. The highest BCUT2D eigenvalue weighted by molar-refractivity contribution is 6.05. The van der Waals surface area contributed by atoms with E-state index in [4.69, 9.17) is 4.74 Å². The van der Waals surface area contributed by atoms with Gasteiger partial charge in [0, 0.05) is 23.4 Å². The van der Waals surface area contributed by atoms with Crippen molar-refractivity contribution in [2.75, 3.05) is 17.7 Å². The summed E-state index contributed by atoms with van der Waals surface area (Å²) in [4.78, 5) is 23.8. The highest BCUT2D eigenvalue weighted by Crippen LogP contribution is 2.23. The average molecular weight is 330 g/mol. The second-order valence-electron chi connectivity index (χ2n) is 5.23. The maximum absolute atomic E-state index is 13.7. The molecule has 0 bridgehead atoms. The van der Waals surface area contributed by atoms with Gasteiger partial charge in [-0.25, -0.2) is 4.39 Å². The van der Waals surface area contributed by atoms with Crippen LogP contribution in [0.25, 0.3) is 0 Å². The fraction of sp³-hybridized carbons (Fsp3) is 0.222. The summed E-state index contributed by atoms with van der Waals surface area (Å²) >= 11 is 0. The molecule has 2 aromatic carbocycles. The van der Waals surface area contributed by atoms with Gasteiger partial charge in [-0.15, -0.1) is 0 Å². The van der Waals surface area contributed by atoms with Crippen LogP contribution in [-0.2, 0) is 4.79 Å². The van der Waals surface area contributed by atoms with Crippen LogP contribution in [0.2, 0.25) is 0 Å². The molecule has 126 valence electrons. The largest absolute Gasteiger partial charge is 0.494 e. The predicted molar refractivity (Wildman–Crippen MR) is 91.0 cm³/mol. The molecule has 2 N–H and O–H groups in total. The van der Waals surface area contributed by atoms with Gasteiger partial charge in [0.2, 0.25) is 5.91 Å². The maximum Gasteiger partial charge on any atom is 0.255 e. The summed E-state index contributed by atoms with van der Waals surface area (Å²) in [6, 6.07) is 9.21. The van der Waals surface area contributed by atoms with E-state index in [1.54, 1.807) is 25.1 Å². The Morgan fingerprint density at radius 1 is 1.12 bits per heavy atom. The zero-order valence-electron chi connectivity index (χ0n) is 13.8. The van der Waals surface area contributed by atoms with Crippen LogP contribution in [0.15, 0.2) is 36.4 Å². The summed E-state index contributed by atoms with van der Waals surface area (Å²) in [6.45, 7) is 3.58. The Morgan fingerprint density at radius 2 is 1.88 bits per heavy atom. The number of halogens is 1. The fourth-order valence-corrected chi connectivity index (χ4v) is 2.09. The molecule has 24 heavy (non-hydrogen) atoms. The van der Waals surface area contributed by atoms with Gasteiger partial charge in [-0.3, -0.25) is 9.59 Å². The van der Waals surface area contributed by atoms with Crippen molar-refractivity contribution in [2.24, 2.45) is 0 Å². The number of hydrogen-bond donors (Lipinski definition) is 2. The normalized spacial score (nSPS) is 10.2. The van der Waals surface area contributed by atoms with Gasteiger partial charge in [0.1, 0.15) is 0 Å². The van der Waals surface area contributed by atoms with E-state index in [1.165, 1.54) is 19.2 Å². The third kappa shape index (κ3) is 4.10. The van der Waals surface area contributed by atoms with Crippen LogP contribution in [-0.4, -0.2) is 18.9 Å². The van der Waals surface area contributed by atoms with E-state index in [-0.39, 0.29) is 17.2 Å². The lowest BCUT2D eigenvalue weighted by Gasteiger charge is -2.12. The first kappa shape index (κ1) is 17.5. The molecule has 0 unspecified atom stereocenters. The van der Waals surface area contributed by atoms with E-state index in [0.29, 0.717) is 17.8 Å². The van der Waals surface area contributed by atoms with Gasteiger partial charge in [-0.1, -0.05) is 13.0 Å². The van der Waals surface area contributed by atoms with Gasteiger partial charge in [-0.05, 0) is 42.8 Å². The lowest BCUT2D eigenvalue weighted by Crippen LogP contribution is -2.14. The standard InChI is InChI=1S/C18H19FN2O3/c1-4-17(22)20-13-7-5-11(2)15(10-13)21-18(23)12-6-8-16(24-3)14(19)9-12/h5-10H,4H2,1-3H3,(H,20,22)(H,21,23). The second-order valence-corrected chi connectivity index (χ2v) is 5.23. The van der Waals surface area contributed by atoms with Crippen LogP contribution in [0.5, 0.6) is 5.75 Å². The molecule has 0 aliphatic rings. The van der Waals surface area contributed by atoms with Gasteiger partial charge in [-0.2, -0.15) is 0 Å². The maximum atomic E-state index is 13.7. The number of benzene rings is 2. The van der Waals surface area contributed by atoms with Crippen LogP contribution in [0.1, 0.15) is 29.3 Å². The fourth-order valence-electron chi connectivity index (χ4n) is 2.09. The molecule has 0 atom stereocenters. The predicted octanol–water partition coefficient (Wildman–Crippen LogP) is 3.74. The van der Waals surface area contributed by atoms with Crippen LogP contribution in [0, 0.1) is 12.7 Å². The Kier molecular flexibility index (Phi) is 5.52. The molecule has 6 heteroatoms. The quantitative estimate of drug-likeness (QED) is 0.877. The summed E-state index contributed by atoms with van der Waals surface area (Å²) in [5, 5.41) is 5.45. The number of hydrogen-bond acceptors (Lipinski definition) is 3. The minimum atomic E-state index is -0.606. The molecule has 0 radical (unpaired) electrons. The Morgan fingerprint density at radius 3 is 2.50 bits per heavy atom. The lowest BCUT2D eigenvalue weighted by molar-refractivity contribution is -0.115. The number of carbonyl (C=O) groups is 2. The molecule has 0 aliphatic carbocycles. The molecular formula is C18H19FN2O3. The monoisotopic (exact) mass is 330 g/mol. The number of anilines is 2. The lowest BCUT2D eigenvalue weighted by atomic mass is 10.1. The molecule has 2 aromatic rings. The van der Waals surface area contributed by atoms with Crippen LogP contribution in [0.4, 0.5) is 15.8 Å². The zero-order chi connectivity index (χ0) is 17.7. The summed E-state index contributed by atoms with van der Waals surface area (Å²) in [7, 11) is 1.36. The smallest absolute Gasteiger partial charge is 0.255 e. The molecule has 0 fully saturated rings. The van der Waals surface area contributed by atoms with Gasteiger partial charge < -0.3 is 15.4 Å². The molecule has 0 aliphatic heterocycles. The van der Waals surface area contributed by atoms with Crippen molar-refractivity contribution in [3.63, 3.8) is 0 Å². The number of rotatable bonds is 5. The molecule has 0 heterocycles. The molecule has 0 spiro atoms. The third-order valence-electron chi connectivity index (χ3n) is 3.50. The van der Waals surface area contributed by atoms with E-state index in [2.05, 4.69) is 10.6 Å². The Labute approximate surface area is 139 Å². The molecule has 0 saturated heterocycles. The van der Waals surface area contributed by atoms with E-state index in [9.17, 15) is 14.0 Å². The van der Waals surface area contributed by atoms with Crippen molar-refractivity contribution >= 4 is 23.2 Å². The third-order valence-corrected chi connectivity index (χ3v) is 3.50. The molecule has 2 amide bonds. The number of methoxy groups -OCH3 is 1. The molecule has 0 aromatic heterocycles. The van der Waals surface area contributed by atoms with Crippen LogP contribution < -0.4 is 15.4 Å². The molecule has 5 nitrogen and oxygen atoms in total. The number of ether oxygens (including phenoxy) is 1. The minimum absolute atomic E-state index is 0.0759. The summed E-state index contributed by atoms with van der Waals surface area (Å²) < 4.78 is 18.6. The van der Waals surface area contributed by atoms with E-state index in [1.807, 2.05) is 6.92 Å². The van der Waals surface area contributed by atoms with Gasteiger partial charge in [0.15, 0.2) is 11.6 Å². The van der Waals surface area contributed by atoms with Gasteiger partial charge in [0.25, 0.3) is 5.91 Å². The summed E-state index contributed by atoms with van der Waals surface area (Å²) in [6.07, 6.45) is 0.362. The Hall–Kier alpha value is -2.89. The van der Waals surface area contributed by atoms with E-state index in [0.717, 1.165) is 11.6 Å². The van der Waals surface area contributed by atoms with Crippen molar-refractivity contribution in [2.45, 2.75) is 20.3 Å². The SMILES string of the molecule is CCC(=O)Nc1ccc(C)c(NC(=O)c2ccc(OC)c(F)c2)c1.